The summed E-state index contributed by atoms with van der Waals surface area (Å²) in [5.74, 6) is 1.71. The van der Waals surface area contributed by atoms with Crippen LogP contribution in [-0.2, 0) is 11.3 Å². The van der Waals surface area contributed by atoms with E-state index in [-0.39, 0.29) is 12.1 Å². The van der Waals surface area contributed by atoms with Crippen LogP contribution in [0.25, 0.3) is 0 Å². The summed E-state index contributed by atoms with van der Waals surface area (Å²) in [5, 5.41) is 6.94. The fourth-order valence-corrected chi connectivity index (χ4v) is 3.81. The Morgan fingerprint density at radius 3 is 2.93 bits per heavy atom. The molecule has 2 amide bonds. The van der Waals surface area contributed by atoms with Crippen molar-refractivity contribution in [1.82, 2.24) is 20.4 Å². The van der Waals surface area contributed by atoms with Crippen LogP contribution in [0, 0.1) is 5.92 Å². The first-order valence-corrected chi connectivity index (χ1v) is 10.4. The zero-order valence-electron chi connectivity index (χ0n) is 16.0. The second-order valence-corrected chi connectivity index (χ2v) is 7.96. The monoisotopic (exact) mass is 374 g/mol. The van der Waals surface area contributed by atoms with E-state index < -0.39 is 0 Å². The largest absolute Gasteiger partial charge is 0.368 e. The number of urea groups is 1. The van der Waals surface area contributed by atoms with E-state index in [2.05, 4.69) is 21.5 Å². The zero-order chi connectivity index (χ0) is 18.5. The Morgan fingerprint density at radius 1 is 1.26 bits per heavy atom. The third kappa shape index (κ3) is 5.31. The molecule has 2 heterocycles. The van der Waals surface area contributed by atoms with Gasteiger partial charge in [0.1, 0.15) is 6.10 Å². The third-order valence-electron chi connectivity index (χ3n) is 5.64. The van der Waals surface area contributed by atoms with Gasteiger partial charge in [-0.3, -0.25) is 0 Å². The van der Waals surface area contributed by atoms with Gasteiger partial charge in [-0.15, -0.1) is 0 Å². The van der Waals surface area contributed by atoms with E-state index in [0.29, 0.717) is 24.2 Å². The maximum atomic E-state index is 12.7. The molecule has 1 unspecified atom stereocenters. The van der Waals surface area contributed by atoms with Gasteiger partial charge in [0, 0.05) is 19.7 Å². The maximum Gasteiger partial charge on any atom is 0.317 e. The van der Waals surface area contributed by atoms with E-state index in [1.807, 2.05) is 4.90 Å². The Kier molecular flexibility index (Phi) is 6.07. The molecular weight excluding hydrogens is 344 g/mol. The number of hydrogen-bond acceptors (Lipinski definition) is 5. The summed E-state index contributed by atoms with van der Waals surface area (Å²) in [6.45, 7) is 2.68. The van der Waals surface area contributed by atoms with Crippen LogP contribution in [0.4, 0.5) is 4.79 Å². The summed E-state index contributed by atoms with van der Waals surface area (Å²) >= 11 is 0. The van der Waals surface area contributed by atoms with Crippen molar-refractivity contribution in [2.75, 3.05) is 19.7 Å². The number of amides is 2. The Labute approximate surface area is 160 Å². The van der Waals surface area contributed by atoms with Crippen LogP contribution in [0.3, 0.4) is 0 Å². The van der Waals surface area contributed by atoms with Crippen molar-refractivity contribution in [3.05, 3.63) is 23.4 Å². The van der Waals surface area contributed by atoms with E-state index in [0.717, 1.165) is 39.0 Å². The number of carbonyl (C=O) groups is 1. The van der Waals surface area contributed by atoms with Crippen molar-refractivity contribution < 1.29 is 14.1 Å². The number of aromatic nitrogens is 2. The van der Waals surface area contributed by atoms with Gasteiger partial charge in [0.15, 0.2) is 5.82 Å². The molecule has 7 heteroatoms. The van der Waals surface area contributed by atoms with Gasteiger partial charge in [-0.25, -0.2) is 4.79 Å². The Balaban J connectivity index is 1.27. The van der Waals surface area contributed by atoms with Crippen LogP contribution in [0.15, 0.2) is 16.2 Å². The van der Waals surface area contributed by atoms with Gasteiger partial charge >= 0.3 is 6.03 Å². The van der Waals surface area contributed by atoms with Gasteiger partial charge in [0.05, 0.1) is 6.54 Å². The van der Waals surface area contributed by atoms with E-state index >= 15 is 0 Å². The first kappa shape index (κ1) is 18.5. The Morgan fingerprint density at radius 2 is 2.19 bits per heavy atom. The fraction of sp³-hybridized carbons (Fsp3) is 0.750. The minimum atomic E-state index is -0.0860. The molecule has 0 spiro atoms. The van der Waals surface area contributed by atoms with Crippen LogP contribution >= 0.6 is 0 Å². The molecule has 1 saturated heterocycles. The molecule has 3 aliphatic rings. The molecule has 1 aliphatic heterocycles. The van der Waals surface area contributed by atoms with Gasteiger partial charge in [0.25, 0.3) is 5.89 Å². The summed E-state index contributed by atoms with van der Waals surface area (Å²) in [6.07, 6.45) is 12.6. The van der Waals surface area contributed by atoms with Crippen molar-refractivity contribution in [1.29, 1.82) is 0 Å². The molecule has 2 aliphatic carbocycles. The quantitative estimate of drug-likeness (QED) is 0.701. The normalized spacial score (nSPS) is 22.5. The predicted molar refractivity (Wildman–Crippen MR) is 99.9 cm³/mol. The number of nitrogens with zero attached hydrogens (tertiary/aromatic N) is 3. The third-order valence-corrected chi connectivity index (χ3v) is 5.64. The average molecular weight is 374 g/mol. The first-order valence-electron chi connectivity index (χ1n) is 10.4. The van der Waals surface area contributed by atoms with Gasteiger partial charge < -0.3 is 19.5 Å². The second kappa shape index (κ2) is 8.87. The van der Waals surface area contributed by atoms with E-state index in [1.165, 1.54) is 44.1 Å². The van der Waals surface area contributed by atoms with Crippen molar-refractivity contribution in [2.45, 2.75) is 70.4 Å². The Bertz CT molecular complexity index is 662. The highest BCUT2D eigenvalue weighted by Gasteiger charge is 2.27. The van der Waals surface area contributed by atoms with Gasteiger partial charge in [-0.1, -0.05) is 16.8 Å². The van der Waals surface area contributed by atoms with E-state index in [4.69, 9.17) is 9.26 Å². The number of allylic oxidation sites excluding steroid dienone is 1. The number of rotatable bonds is 8. The van der Waals surface area contributed by atoms with Crippen LogP contribution in [0.2, 0.25) is 0 Å². The van der Waals surface area contributed by atoms with Crippen molar-refractivity contribution in [3.63, 3.8) is 0 Å². The van der Waals surface area contributed by atoms with Gasteiger partial charge in [-0.2, -0.15) is 4.98 Å². The van der Waals surface area contributed by atoms with Crippen LogP contribution < -0.4 is 5.32 Å². The smallest absolute Gasteiger partial charge is 0.317 e. The molecule has 0 aromatic carbocycles. The highest BCUT2D eigenvalue weighted by molar-refractivity contribution is 5.74. The lowest BCUT2D eigenvalue weighted by molar-refractivity contribution is 0.0835. The molecule has 1 aromatic rings. The molecule has 0 radical (unpaired) electrons. The van der Waals surface area contributed by atoms with Crippen molar-refractivity contribution in [2.24, 2.45) is 5.92 Å². The summed E-state index contributed by atoms with van der Waals surface area (Å²) < 4.78 is 10.8. The molecule has 1 aromatic heterocycles. The second-order valence-electron chi connectivity index (χ2n) is 7.96. The number of ether oxygens (including phenoxy) is 1. The maximum absolute atomic E-state index is 12.7. The standard InChI is InChI=1S/C20H30N4O3/c25-20(21-13-18-22-19(27-23-18)17-7-4-12-26-17)24(14-16-8-9-16)11-10-15-5-2-1-3-6-15/h5,16-17H,1-4,6-14H2,(H,21,25). The molecule has 1 N–H and O–H groups in total. The highest BCUT2D eigenvalue weighted by atomic mass is 16.5. The molecule has 4 rings (SSSR count). The lowest BCUT2D eigenvalue weighted by Gasteiger charge is -2.24. The summed E-state index contributed by atoms with van der Waals surface area (Å²) in [6, 6.07) is -0.0261. The molecule has 27 heavy (non-hydrogen) atoms. The van der Waals surface area contributed by atoms with Crippen molar-refractivity contribution in [3.8, 4) is 0 Å². The topological polar surface area (TPSA) is 80.5 Å². The van der Waals surface area contributed by atoms with Crippen LogP contribution in [-0.4, -0.2) is 40.8 Å². The highest BCUT2D eigenvalue weighted by Crippen LogP contribution is 2.30. The molecule has 1 atom stereocenters. The zero-order valence-corrected chi connectivity index (χ0v) is 16.0. The lowest BCUT2D eigenvalue weighted by Crippen LogP contribution is -2.41. The fourth-order valence-electron chi connectivity index (χ4n) is 3.81. The summed E-state index contributed by atoms with van der Waals surface area (Å²) in [7, 11) is 0. The minimum absolute atomic E-state index is 0.0261. The summed E-state index contributed by atoms with van der Waals surface area (Å²) in [4.78, 5) is 19.0. The molecule has 0 bridgehead atoms. The van der Waals surface area contributed by atoms with Gasteiger partial charge in [-0.05, 0) is 63.7 Å². The Hall–Kier alpha value is -1.89. The first-order chi connectivity index (χ1) is 13.3. The number of carbonyl (C=O) groups excluding carboxylic acids is 1. The average Bonchev–Trinajstić information content (AvgIpc) is 3.16. The van der Waals surface area contributed by atoms with Crippen molar-refractivity contribution >= 4 is 6.03 Å². The molecule has 1 saturated carbocycles. The molecule has 7 nitrogen and oxygen atoms in total. The predicted octanol–water partition coefficient (Wildman–Crippen LogP) is 3.73. The van der Waals surface area contributed by atoms with Gasteiger partial charge in [0.2, 0.25) is 0 Å². The number of nitrogens with one attached hydrogen (secondary N) is 1. The van der Waals surface area contributed by atoms with E-state index in [1.54, 1.807) is 0 Å². The molecule has 148 valence electrons. The lowest BCUT2D eigenvalue weighted by atomic mass is 9.97. The molecule has 2 fully saturated rings. The molecular formula is C20H30N4O3. The number of hydrogen-bond donors (Lipinski definition) is 1. The minimum Gasteiger partial charge on any atom is -0.368 e. The van der Waals surface area contributed by atoms with E-state index in [9.17, 15) is 4.79 Å². The van der Waals surface area contributed by atoms with Crippen LogP contribution in [0.5, 0.6) is 0 Å². The SMILES string of the molecule is O=C(NCc1noc(C2CCCO2)n1)N(CCC1=CCCCC1)CC1CC1. The van der Waals surface area contributed by atoms with Crippen LogP contribution in [0.1, 0.15) is 75.6 Å². The summed E-state index contributed by atoms with van der Waals surface area (Å²) in [5.41, 5.74) is 1.51.